The number of carbonyl (C=O) groups is 1. The Morgan fingerprint density at radius 2 is 1.96 bits per heavy atom. The van der Waals surface area contributed by atoms with E-state index in [2.05, 4.69) is 15.3 Å². The summed E-state index contributed by atoms with van der Waals surface area (Å²) in [6.07, 6.45) is 7.71. The third kappa shape index (κ3) is 4.31. The summed E-state index contributed by atoms with van der Waals surface area (Å²) in [6, 6.07) is 6.89. The molecule has 6 nitrogen and oxygen atoms in total. The van der Waals surface area contributed by atoms with E-state index >= 15 is 0 Å². The monoisotopic (exact) mass is 374 g/mol. The van der Waals surface area contributed by atoms with Crippen molar-refractivity contribution in [2.24, 2.45) is 5.92 Å². The molecule has 1 aromatic heterocycles. The second kappa shape index (κ2) is 8.47. The summed E-state index contributed by atoms with van der Waals surface area (Å²) in [6.45, 7) is 0. The van der Waals surface area contributed by atoms with E-state index < -0.39 is 6.23 Å². The van der Waals surface area contributed by atoms with E-state index in [4.69, 9.17) is 11.6 Å². The van der Waals surface area contributed by atoms with Crippen LogP contribution in [0.1, 0.15) is 42.5 Å². The van der Waals surface area contributed by atoms with E-state index in [1.54, 1.807) is 41.6 Å². The van der Waals surface area contributed by atoms with Crippen LogP contribution in [-0.4, -0.2) is 34.3 Å². The van der Waals surface area contributed by atoms with Crippen LogP contribution in [0, 0.1) is 5.92 Å². The maximum absolute atomic E-state index is 12.6. The second-order valence-corrected chi connectivity index (χ2v) is 7.00. The van der Waals surface area contributed by atoms with Crippen molar-refractivity contribution in [1.82, 2.24) is 15.3 Å². The summed E-state index contributed by atoms with van der Waals surface area (Å²) in [5, 5.41) is 13.4. The first-order chi connectivity index (χ1) is 12.6. The molecule has 1 amide bonds. The third-order valence-electron chi connectivity index (χ3n) is 4.81. The highest BCUT2D eigenvalue weighted by atomic mass is 35.5. The zero-order valence-electron chi connectivity index (χ0n) is 14.7. The van der Waals surface area contributed by atoms with Gasteiger partial charge in [0.05, 0.1) is 10.6 Å². The highest BCUT2D eigenvalue weighted by molar-refractivity contribution is 6.34. The molecule has 1 unspecified atom stereocenters. The Labute approximate surface area is 158 Å². The van der Waals surface area contributed by atoms with Gasteiger partial charge in [-0.15, -0.1) is 0 Å². The van der Waals surface area contributed by atoms with Gasteiger partial charge >= 0.3 is 0 Å². The lowest BCUT2D eigenvalue weighted by atomic mass is 9.88. The van der Waals surface area contributed by atoms with Crippen LogP contribution < -0.4 is 10.2 Å². The number of carbonyl (C=O) groups excluding carboxylic acids is 1. The lowest BCUT2D eigenvalue weighted by Crippen LogP contribution is -2.41. The molecule has 3 rings (SSSR count). The SMILES string of the molecule is CN(c1ccc(Cl)c(C(=O)NC(O)C2CCCCC2)c1)c1ncccn1. The van der Waals surface area contributed by atoms with Crippen molar-refractivity contribution >= 4 is 29.1 Å². The van der Waals surface area contributed by atoms with E-state index in [-0.39, 0.29) is 11.8 Å². The van der Waals surface area contributed by atoms with Gasteiger partial charge in [-0.05, 0) is 37.1 Å². The van der Waals surface area contributed by atoms with Gasteiger partial charge in [-0.1, -0.05) is 30.9 Å². The lowest BCUT2D eigenvalue weighted by molar-refractivity contribution is 0.0463. The standard InChI is InChI=1S/C19H23ClN4O2/c1-24(19-21-10-5-11-22-19)14-8-9-16(20)15(12-14)18(26)23-17(25)13-6-3-2-4-7-13/h5,8-13,17,25H,2-4,6-7H2,1H3,(H,23,26). The third-order valence-corrected chi connectivity index (χ3v) is 5.14. The van der Waals surface area contributed by atoms with E-state index in [1.165, 1.54) is 6.42 Å². The highest BCUT2D eigenvalue weighted by Crippen LogP contribution is 2.28. The van der Waals surface area contributed by atoms with E-state index in [1.807, 2.05) is 7.05 Å². The van der Waals surface area contributed by atoms with Crippen molar-refractivity contribution in [1.29, 1.82) is 0 Å². The maximum atomic E-state index is 12.6. The van der Waals surface area contributed by atoms with Crippen LogP contribution >= 0.6 is 11.6 Å². The summed E-state index contributed by atoms with van der Waals surface area (Å²) in [5.74, 6) is 0.246. The number of hydrogen-bond donors (Lipinski definition) is 2. The van der Waals surface area contributed by atoms with Crippen LogP contribution in [0.5, 0.6) is 0 Å². The van der Waals surface area contributed by atoms with Crippen LogP contribution in [0.3, 0.4) is 0 Å². The number of rotatable bonds is 5. The summed E-state index contributed by atoms with van der Waals surface area (Å²) in [4.78, 5) is 22.8. The van der Waals surface area contributed by atoms with E-state index in [9.17, 15) is 9.90 Å². The number of amides is 1. The number of hydrogen-bond acceptors (Lipinski definition) is 5. The fourth-order valence-electron chi connectivity index (χ4n) is 3.26. The van der Waals surface area contributed by atoms with Crippen LogP contribution in [-0.2, 0) is 0 Å². The summed E-state index contributed by atoms with van der Waals surface area (Å²) < 4.78 is 0. The Kier molecular flexibility index (Phi) is 6.06. The molecule has 0 bridgehead atoms. The molecule has 1 fully saturated rings. The molecule has 0 aliphatic heterocycles. The Bertz CT molecular complexity index is 750. The molecule has 138 valence electrons. The topological polar surface area (TPSA) is 78.4 Å². The van der Waals surface area contributed by atoms with Gasteiger partial charge in [-0.3, -0.25) is 4.79 Å². The molecule has 1 aliphatic rings. The van der Waals surface area contributed by atoms with Gasteiger partial charge < -0.3 is 15.3 Å². The maximum Gasteiger partial charge on any atom is 0.254 e. The fourth-order valence-corrected chi connectivity index (χ4v) is 3.46. The number of aliphatic hydroxyl groups excluding tert-OH is 1. The van der Waals surface area contributed by atoms with Crippen LogP contribution in [0.4, 0.5) is 11.6 Å². The molecule has 1 atom stereocenters. The number of nitrogens with zero attached hydrogens (tertiary/aromatic N) is 3. The normalized spacial score (nSPS) is 16.1. The molecule has 0 saturated heterocycles. The van der Waals surface area contributed by atoms with Crippen molar-refractivity contribution in [2.45, 2.75) is 38.3 Å². The second-order valence-electron chi connectivity index (χ2n) is 6.59. The molecule has 26 heavy (non-hydrogen) atoms. The van der Waals surface area contributed by atoms with E-state index in [0.29, 0.717) is 16.5 Å². The summed E-state index contributed by atoms with van der Waals surface area (Å²) in [5.41, 5.74) is 1.06. The van der Waals surface area contributed by atoms with Crippen LogP contribution in [0.15, 0.2) is 36.7 Å². The minimum atomic E-state index is -0.849. The molecule has 0 radical (unpaired) electrons. The molecule has 2 N–H and O–H groups in total. The Hall–Kier alpha value is -2.18. The Morgan fingerprint density at radius 1 is 1.27 bits per heavy atom. The quantitative estimate of drug-likeness (QED) is 0.783. The molecule has 1 aliphatic carbocycles. The number of nitrogens with one attached hydrogen (secondary N) is 1. The van der Waals surface area contributed by atoms with Gasteiger partial charge in [-0.25, -0.2) is 9.97 Å². The number of benzene rings is 1. The van der Waals surface area contributed by atoms with Crippen molar-refractivity contribution < 1.29 is 9.90 Å². The minimum Gasteiger partial charge on any atom is -0.373 e. The van der Waals surface area contributed by atoms with Crippen molar-refractivity contribution in [3.05, 3.63) is 47.2 Å². The molecule has 1 aromatic carbocycles. The average molecular weight is 375 g/mol. The van der Waals surface area contributed by atoms with Gasteiger partial charge in [0.1, 0.15) is 6.23 Å². The van der Waals surface area contributed by atoms with Gasteiger partial charge in [-0.2, -0.15) is 0 Å². The number of anilines is 2. The molecule has 2 aromatic rings. The average Bonchev–Trinajstić information content (AvgIpc) is 2.69. The van der Waals surface area contributed by atoms with Crippen molar-refractivity contribution in [3.8, 4) is 0 Å². The predicted octanol–water partition coefficient (Wildman–Crippen LogP) is 3.53. The molecular formula is C19H23ClN4O2. The van der Waals surface area contributed by atoms with Gasteiger partial charge in [0.25, 0.3) is 5.91 Å². The van der Waals surface area contributed by atoms with Crippen LogP contribution in [0.25, 0.3) is 0 Å². The predicted molar refractivity (Wildman–Crippen MR) is 102 cm³/mol. The zero-order valence-corrected chi connectivity index (χ0v) is 15.5. The van der Waals surface area contributed by atoms with E-state index in [0.717, 1.165) is 31.4 Å². The summed E-state index contributed by atoms with van der Waals surface area (Å²) in [7, 11) is 1.82. The summed E-state index contributed by atoms with van der Waals surface area (Å²) >= 11 is 6.22. The minimum absolute atomic E-state index is 0.107. The van der Waals surface area contributed by atoms with Gasteiger partial charge in [0, 0.05) is 31.0 Å². The number of aromatic nitrogens is 2. The van der Waals surface area contributed by atoms with Crippen molar-refractivity contribution in [2.75, 3.05) is 11.9 Å². The fraction of sp³-hybridized carbons (Fsp3) is 0.421. The first-order valence-electron chi connectivity index (χ1n) is 8.85. The Morgan fingerprint density at radius 3 is 2.65 bits per heavy atom. The molecular weight excluding hydrogens is 352 g/mol. The Balaban J connectivity index is 1.75. The molecule has 1 saturated carbocycles. The first-order valence-corrected chi connectivity index (χ1v) is 9.23. The molecule has 7 heteroatoms. The van der Waals surface area contributed by atoms with Crippen LogP contribution in [0.2, 0.25) is 5.02 Å². The number of halogens is 1. The first kappa shape index (κ1) is 18.6. The van der Waals surface area contributed by atoms with Crippen molar-refractivity contribution in [3.63, 3.8) is 0 Å². The smallest absolute Gasteiger partial charge is 0.254 e. The molecule has 1 heterocycles. The molecule has 0 spiro atoms. The zero-order chi connectivity index (χ0) is 18.5. The van der Waals surface area contributed by atoms with Gasteiger partial charge in [0.2, 0.25) is 5.95 Å². The largest absolute Gasteiger partial charge is 0.373 e. The number of aliphatic hydroxyl groups is 1. The lowest BCUT2D eigenvalue weighted by Gasteiger charge is -2.27. The van der Waals surface area contributed by atoms with Gasteiger partial charge in [0.15, 0.2) is 0 Å². The highest BCUT2D eigenvalue weighted by Gasteiger charge is 2.24.